The quantitative estimate of drug-likeness (QED) is 0.706. The summed E-state index contributed by atoms with van der Waals surface area (Å²) in [5.74, 6) is 0. The Kier molecular flexibility index (Phi) is 4.39. The molecule has 1 aliphatic rings. The monoisotopic (exact) mass is 199 g/mol. The molecule has 84 valence electrons. The van der Waals surface area contributed by atoms with Gasteiger partial charge >= 0.3 is 0 Å². The molecule has 0 radical (unpaired) electrons. The highest BCUT2D eigenvalue weighted by Gasteiger charge is 2.22. The summed E-state index contributed by atoms with van der Waals surface area (Å²) in [6, 6.07) is 0.698. The van der Waals surface area contributed by atoms with Crippen molar-refractivity contribution in [2.75, 3.05) is 13.6 Å². The first kappa shape index (κ1) is 12.0. The number of hydrogen-bond donors (Lipinski definition) is 1. The van der Waals surface area contributed by atoms with E-state index in [4.69, 9.17) is 0 Å². The lowest BCUT2D eigenvalue weighted by Gasteiger charge is -2.32. The van der Waals surface area contributed by atoms with Crippen LogP contribution in [0.1, 0.15) is 52.4 Å². The predicted molar refractivity (Wildman–Crippen MR) is 60.4 cm³/mol. The zero-order chi connectivity index (χ0) is 10.6. The molecule has 0 unspecified atom stereocenters. The van der Waals surface area contributed by atoms with Gasteiger partial charge in [-0.25, -0.2) is 0 Å². The van der Waals surface area contributed by atoms with Gasteiger partial charge in [-0.15, -0.1) is 0 Å². The van der Waals surface area contributed by atoms with Crippen molar-refractivity contribution in [2.24, 2.45) is 0 Å². The Morgan fingerprint density at radius 3 is 2.07 bits per heavy atom. The Hall–Kier alpha value is -0.0800. The Morgan fingerprint density at radius 1 is 1.14 bits per heavy atom. The summed E-state index contributed by atoms with van der Waals surface area (Å²) in [6.45, 7) is 4.57. The summed E-state index contributed by atoms with van der Waals surface area (Å²) in [6.07, 6.45) is 8.14. The summed E-state index contributed by atoms with van der Waals surface area (Å²) >= 11 is 0. The van der Waals surface area contributed by atoms with Crippen LogP contribution in [0.15, 0.2) is 0 Å². The van der Waals surface area contributed by atoms with Crippen LogP contribution in [-0.2, 0) is 0 Å². The van der Waals surface area contributed by atoms with E-state index in [1.807, 2.05) is 13.8 Å². The van der Waals surface area contributed by atoms with Crippen molar-refractivity contribution in [3.05, 3.63) is 0 Å². The van der Waals surface area contributed by atoms with E-state index in [2.05, 4.69) is 11.9 Å². The molecule has 0 saturated heterocycles. The SMILES string of the molecule is CN(CC(C)(C)O)C1CCCCCC1. The Bertz CT molecular complexity index is 154. The standard InChI is InChI=1S/C12H25NO/c1-12(2,14)10-13(3)11-8-6-4-5-7-9-11/h11,14H,4-10H2,1-3H3. The third-order valence-corrected chi connectivity index (χ3v) is 3.08. The molecule has 0 bridgehead atoms. The first-order valence-electron chi connectivity index (χ1n) is 5.92. The molecule has 0 heterocycles. The van der Waals surface area contributed by atoms with Crippen molar-refractivity contribution < 1.29 is 5.11 Å². The first-order valence-corrected chi connectivity index (χ1v) is 5.92. The largest absolute Gasteiger partial charge is 0.389 e. The smallest absolute Gasteiger partial charge is 0.0718 e. The molecule has 1 rings (SSSR count). The van der Waals surface area contributed by atoms with Crippen LogP contribution in [0.2, 0.25) is 0 Å². The highest BCUT2D eigenvalue weighted by Crippen LogP contribution is 2.22. The molecule has 1 N–H and O–H groups in total. The Labute approximate surface area is 88.3 Å². The minimum absolute atomic E-state index is 0.555. The number of nitrogens with zero attached hydrogens (tertiary/aromatic N) is 1. The van der Waals surface area contributed by atoms with Crippen molar-refractivity contribution in [1.82, 2.24) is 4.90 Å². The molecule has 0 aliphatic heterocycles. The van der Waals surface area contributed by atoms with Gasteiger partial charge in [0.15, 0.2) is 0 Å². The van der Waals surface area contributed by atoms with Crippen LogP contribution in [0.3, 0.4) is 0 Å². The molecule has 0 atom stereocenters. The third kappa shape index (κ3) is 4.43. The van der Waals surface area contributed by atoms with Crippen LogP contribution < -0.4 is 0 Å². The Balaban J connectivity index is 2.37. The van der Waals surface area contributed by atoms with Gasteiger partial charge < -0.3 is 10.0 Å². The van der Waals surface area contributed by atoms with E-state index in [0.717, 1.165) is 6.54 Å². The topological polar surface area (TPSA) is 23.5 Å². The van der Waals surface area contributed by atoms with Crippen LogP contribution in [0.25, 0.3) is 0 Å². The van der Waals surface area contributed by atoms with Crippen LogP contribution in [-0.4, -0.2) is 35.2 Å². The molecule has 1 aliphatic carbocycles. The van der Waals surface area contributed by atoms with E-state index in [1.54, 1.807) is 0 Å². The van der Waals surface area contributed by atoms with Gasteiger partial charge in [0.05, 0.1) is 5.60 Å². The maximum Gasteiger partial charge on any atom is 0.0718 e. The maximum absolute atomic E-state index is 9.75. The number of hydrogen-bond acceptors (Lipinski definition) is 2. The Morgan fingerprint density at radius 2 is 1.64 bits per heavy atom. The first-order chi connectivity index (χ1) is 6.49. The summed E-state index contributed by atoms with van der Waals surface area (Å²) in [4.78, 5) is 2.34. The molecule has 0 aromatic heterocycles. The second-order valence-corrected chi connectivity index (χ2v) is 5.37. The molecule has 0 aromatic carbocycles. The fourth-order valence-corrected chi connectivity index (χ4v) is 2.44. The average molecular weight is 199 g/mol. The van der Waals surface area contributed by atoms with Gasteiger partial charge in [-0.05, 0) is 33.7 Å². The molecule has 2 nitrogen and oxygen atoms in total. The second-order valence-electron chi connectivity index (χ2n) is 5.37. The maximum atomic E-state index is 9.75. The molecule has 1 saturated carbocycles. The van der Waals surface area contributed by atoms with Crippen LogP contribution in [0.5, 0.6) is 0 Å². The van der Waals surface area contributed by atoms with E-state index in [1.165, 1.54) is 38.5 Å². The molecule has 0 aromatic rings. The second kappa shape index (κ2) is 5.13. The lowest BCUT2D eigenvalue weighted by molar-refractivity contribution is 0.0289. The molecule has 14 heavy (non-hydrogen) atoms. The van der Waals surface area contributed by atoms with Crippen molar-refractivity contribution >= 4 is 0 Å². The normalized spacial score (nSPS) is 21.2. The lowest BCUT2D eigenvalue weighted by Crippen LogP contribution is -2.41. The zero-order valence-electron chi connectivity index (χ0n) is 9.92. The van der Waals surface area contributed by atoms with Gasteiger partial charge in [0.1, 0.15) is 0 Å². The molecule has 2 heteroatoms. The average Bonchev–Trinajstić information content (AvgIpc) is 2.27. The highest BCUT2D eigenvalue weighted by molar-refractivity contribution is 4.77. The summed E-state index contributed by atoms with van der Waals surface area (Å²) in [7, 11) is 2.15. The van der Waals surface area contributed by atoms with Crippen molar-refractivity contribution in [1.29, 1.82) is 0 Å². The number of aliphatic hydroxyl groups is 1. The fraction of sp³-hybridized carbons (Fsp3) is 1.00. The van der Waals surface area contributed by atoms with E-state index in [0.29, 0.717) is 6.04 Å². The van der Waals surface area contributed by atoms with Crippen molar-refractivity contribution in [3.8, 4) is 0 Å². The summed E-state index contributed by atoms with van der Waals surface area (Å²) in [5, 5.41) is 9.75. The van der Waals surface area contributed by atoms with Gasteiger partial charge in [-0.1, -0.05) is 25.7 Å². The van der Waals surface area contributed by atoms with Crippen molar-refractivity contribution in [3.63, 3.8) is 0 Å². The fourth-order valence-electron chi connectivity index (χ4n) is 2.44. The van der Waals surface area contributed by atoms with Gasteiger partial charge in [-0.2, -0.15) is 0 Å². The summed E-state index contributed by atoms with van der Waals surface area (Å²) in [5.41, 5.74) is -0.555. The van der Waals surface area contributed by atoms with Crippen LogP contribution >= 0.6 is 0 Å². The van der Waals surface area contributed by atoms with E-state index in [9.17, 15) is 5.11 Å². The molecule has 1 fully saturated rings. The number of rotatable bonds is 3. The van der Waals surface area contributed by atoms with Crippen molar-refractivity contribution in [2.45, 2.75) is 64.0 Å². The molecular formula is C12H25NO. The van der Waals surface area contributed by atoms with Gasteiger partial charge in [0, 0.05) is 12.6 Å². The lowest BCUT2D eigenvalue weighted by atomic mass is 10.0. The van der Waals surface area contributed by atoms with E-state index in [-0.39, 0.29) is 0 Å². The summed E-state index contributed by atoms with van der Waals surface area (Å²) < 4.78 is 0. The van der Waals surface area contributed by atoms with E-state index < -0.39 is 5.60 Å². The molecule has 0 amide bonds. The highest BCUT2D eigenvalue weighted by atomic mass is 16.3. The van der Waals surface area contributed by atoms with Gasteiger partial charge in [0.25, 0.3) is 0 Å². The van der Waals surface area contributed by atoms with Crippen LogP contribution in [0.4, 0.5) is 0 Å². The third-order valence-electron chi connectivity index (χ3n) is 3.08. The van der Waals surface area contributed by atoms with Gasteiger partial charge in [-0.3, -0.25) is 0 Å². The van der Waals surface area contributed by atoms with E-state index >= 15 is 0 Å². The molecular weight excluding hydrogens is 174 g/mol. The minimum Gasteiger partial charge on any atom is -0.389 e. The predicted octanol–water partition coefficient (Wildman–Crippen LogP) is 2.41. The zero-order valence-corrected chi connectivity index (χ0v) is 9.92. The molecule has 0 spiro atoms. The van der Waals surface area contributed by atoms with Crippen LogP contribution in [0, 0.1) is 0 Å². The minimum atomic E-state index is -0.555. The number of likely N-dealkylation sites (N-methyl/N-ethyl adjacent to an activating group) is 1. The van der Waals surface area contributed by atoms with Gasteiger partial charge in [0.2, 0.25) is 0 Å².